The average molecular weight is 548 g/mol. The van der Waals surface area contributed by atoms with Crippen LogP contribution >= 0.6 is 11.6 Å². The largest absolute Gasteiger partial charge is 0.488 e. The third-order valence-electron chi connectivity index (χ3n) is 8.52. The molecule has 1 unspecified atom stereocenters. The highest BCUT2D eigenvalue weighted by molar-refractivity contribution is 6.30. The fraction of sp³-hybridized carbons (Fsp3) is 0.452. The maximum atomic E-state index is 13.1. The Morgan fingerprint density at radius 2 is 1.82 bits per heavy atom. The molecule has 3 aliphatic heterocycles. The van der Waals surface area contributed by atoms with Crippen LogP contribution in [0.1, 0.15) is 67.4 Å². The van der Waals surface area contributed by atoms with Crippen molar-refractivity contribution in [2.45, 2.75) is 64.6 Å². The van der Waals surface area contributed by atoms with E-state index in [0.29, 0.717) is 24.3 Å². The van der Waals surface area contributed by atoms with E-state index in [1.165, 1.54) is 23.1 Å². The number of nitrogens with one attached hydrogen (secondary N) is 1. The number of halogens is 1. The summed E-state index contributed by atoms with van der Waals surface area (Å²) in [6.07, 6.45) is 4.04. The van der Waals surface area contributed by atoms with Crippen molar-refractivity contribution in [1.82, 2.24) is 15.1 Å². The first-order chi connectivity index (χ1) is 18.6. The highest BCUT2D eigenvalue weighted by Crippen LogP contribution is 2.43. The van der Waals surface area contributed by atoms with E-state index in [9.17, 15) is 14.4 Å². The highest BCUT2D eigenvalue weighted by Gasteiger charge is 2.39. The molecule has 2 fully saturated rings. The molecule has 6 rings (SSSR count). The Morgan fingerprint density at radius 1 is 1.05 bits per heavy atom. The smallest absolute Gasteiger partial charge is 0.255 e. The molecule has 39 heavy (non-hydrogen) atoms. The third-order valence-corrected chi connectivity index (χ3v) is 8.77. The number of carbonyl (C=O) groups excluding carboxylic acids is 3. The molecule has 0 aromatic heterocycles. The lowest BCUT2D eigenvalue weighted by Crippen LogP contribution is -2.54. The summed E-state index contributed by atoms with van der Waals surface area (Å²) in [4.78, 5) is 40.9. The number of rotatable bonds is 6. The van der Waals surface area contributed by atoms with Crippen molar-refractivity contribution in [3.05, 3.63) is 69.8 Å². The molecule has 0 spiro atoms. The molecule has 7 nitrogen and oxygen atoms in total. The molecule has 1 aliphatic carbocycles. The van der Waals surface area contributed by atoms with Gasteiger partial charge in [0.1, 0.15) is 17.9 Å². The van der Waals surface area contributed by atoms with Crippen molar-refractivity contribution < 1.29 is 19.1 Å². The second-order valence-electron chi connectivity index (χ2n) is 12.1. The summed E-state index contributed by atoms with van der Waals surface area (Å²) in [7, 11) is 0. The first-order valence-electron chi connectivity index (χ1n) is 13.8. The second kappa shape index (κ2) is 10.1. The lowest BCUT2D eigenvalue weighted by Gasteiger charge is -2.42. The van der Waals surface area contributed by atoms with Gasteiger partial charge in [0.25, 0.3) is 5.91 Å². The number of allylic oxidation sites excluding steroid dienone is 1. The number of hydrogen-bond acceptors (Lipinski definition) is 5. The third kappa shape index (κ3) is 5.35. The number of ether oxygens (including phenoxy) is 1. The molecule has 2 aromatic rings. The van der Waals surface area contributed by atoms with Crippen molar-refractivity contribution >= 4 is 34.9 Å². The van der Waals surface area contributed by atoms with Crippen LogP contribution in [-0.2, 0) is 16.1 Å². The number of fused-ring (bicyclic) bond motifs is 1. The summed E-state index contributed by atoms with van der Waals surface area (Å²) in [5, 5.41) is 3.11. The van der Waals surface area contributed by atoms with E-state index in [2.05, 4.69) is 36.2 Å². The summed E-state index contributed by atoms with van der Waals surface area (Å²) >= 11 is 6.15. The summed E-state index contributed by atoms with van der Waals surface area (Å²) < 4.78 is 6.25. The van der Waals surface area contributed by atoms with Crippen LogP contribution in [0.3, 0.4) is 0 Å². The minimum Gasteiger partial charge on any atom is -0.488 e. The number of amides is 3. The van der Waals surface area contributed by atoms with Gasteiger partial charge in [-0.1, -0.05) is 49.2 Å². The summed E-state index contributed by atoms with van der Waals surface area (Å²) in [5.41, 5.74) is 5.98. The Bertz CT molecular complexity index is 1360. The lowest BCUT2D eigenvalue weighted by atomic mass is 9.72. The SMILES string of the molecule is CC1(C)CCC(CN2CC(Oc3ccc4c(c3)C(=O)N(C3CCC(=O)NC3=O)C4)C2)=C(c2ccc(Cl)cc2)C1. The molecule has 3 heterocycles. The van der Waals surface area contributed by atoms with E-state index in [-0.39, 0.29) is 29.8 Å². The van der Waals surface area contributed by atoms with Crippen LogP contribution in [0.4, 0.5) is 0 Å². The van der Waals surface area contributed by atoms with Gasteiger partial charge in [0, 0.05) is 43.2 Å². The van der Waals surface area contributed by atoms with Gasteiger partial charge in [-0.3, -0.25) is 24.6 Å². The number of nitrogens with zero attached hydrogens (tertiary/aromatic N) is 2. The summed E-state index contributed by atoms with van der Waals surface area (Å²) in [6.45, 7) is 7.69. The van der Waals surface area contributed by atoms with E-state index in [1.807, 2.05) is 24.3 Å². The molecule has 1 N–H and O–H groups in total. The average Bonchev–Trinajstić information content (AvgIpc) is 3.19. The van der Waals surface area contributed by atoms with Gasteiger partial charge in [0.2, 0.25) is 11.8 Å². The first-order valence-corrected chi connectivity index (χ1v) is 14.2. The first kappa shape index (κ1) is 26.1. The van der Waals surface area contributed by atoms with Crippen molar-refractivity contribution in [2.75, 3.05) is 19.6 Å². The Kier molecular flexibility index (Phi) is 6.76. The van der Waals surface area contributed by atoms with Crippen LogP contribution in [-0.4, -0.2) is 59.3 Å². The fourth-order valence-electron chi connectivity index (χ4n) is 6.26. The van der Waals surface area contributed by atoms with Gasteiger partial charge in [-0.2, -0.15) is 0 Å². The van der Waals surface area contributed by atoms with Crippen molar-refractivity contribution in [3.63, 3.8) is 0 Å². The van der Waals surface area contributed by atoms with Gasteiger partial charge < -0.3 is 9.64 Å². The molecule has 2 saturated heterocycles. The van der Waals surface area contributed by atoms with Crippen molar-refractivity contribution in [2.24, 2.45) is 5.41 Å². The maximum absolute atomic E-state index is 13.1. The number of benzene rings is 2. The molecule has 4 aliphatic rings. The normalized spacial score (nSPS) is 23.5. The zero-order valence-corrected chi connectivity index (χ0v) is 23.2. The number of likely N-dealkylation sites (tertiary alicyclic amines) is 1. The van der Waals surface area contributed by atoms with E-state index in [0.717, 1.165) is 43.1 Å². The molecule has 204 valence electrons. The van der Waals surface area contributed by atoms with Crippen LogP contribution in [0.2, 0.25) is 5.02 Å². The Balaban J connectivity index is 1.08. The molecule has 0 bridgehead atoms. The topological polar surface area (TPSA) is 79.0 Å². The Labute approximate surface area is 234 Å². The number of imide groups is 1. The summed E-state index contributed by atoms with van der Waals surface area (Å²) in [6, 6.07) is 13.2. The molecule has 8 heteroatoms. The molecular weight excluding hydrogens is 514 g/mol. The van der Waals surface area contributed by atoms with Gasteiger partial charge in [0.05, 0.1) is 0 Å². The van der Waals surface area contributed by atoms with Crippen LogP contribution in [0.25, 0.3) is 5.57 Å². The Hall–Kier alpha value is -3.16. The van der Waals surface area contributed by atoms with Gasteiger partial charge in [0.15, 0.2) is 0 Å². The van der Waals surface area contributed by atoms with Gasteiger partial charge in [-0.15, -0.1) is 0 Å². The van der Waals surface area contributed by atoms with Gasteiger partial charge in [-0.05, 0) is 72.1 Å². The monoisotopic (exact) mass is 547 g/mol. The zero-order valence-electron chi connectivity index (χ0n) is 22.5. The van der Waals surface area contributed by atoms with Crippen LogP contribution < -0.4 is 10.1 Å². The lowest BCUT2D eigenvalue weighted by molar-refractivity contribution is -0.136. The van der Waals surface area contributed by atoms with Crippen LogP contribution in [0, 0.1) is 5.41 Å². The van der Waals surface area contributed by atoms with Crippen LogP contribution in [0.5, 0.6) is 5.75 Å². The predicted molar refractivity (Wildman–Crippen MR) is 149 cm³/mol. The van der Waals surface area contributed by atoms with Crippen molar-refractivity contribution in [3.8, 4) is 5.75 Å². The standard InChI is InChI=1S/C31H34ClN3O4/c1-31(2)12-11-21(26(14-31)19-3-6-22(32)7-4-19)15-34-17-24(18-34)39-23-8-5-20-16-35(30(38)25(20)13-23)27-9-10-28(36)33-29(27)37/h3-8,13,24,27H,9-12,14-18H2,1-2H3,(H,33,36,37). The van der Waals surface area contributed by atoms with Gasteiger partial charge >= 0.3 is 0 Å². The fourth-order valence-corrected chi connectivity index (χ4v) is 6.39. The Morgan fingerprint density at radius 3 is 2.56 bits per heavy atom. The molecule has 1 atom stereocenters. The molecule has 2 aromatic carbocycles. The second-order valence-corrected chi connectivity index (χ2v) is 12.5. The minimum absolute atomic E-state index is 0.0745. The molecule has 0 radical (unpaired) electrons. The van der Waals surface area contributed by atoms with E-state index < -0.39 is 11.9 Å². The summed E-state index contributed by atoms with van der Waals surface area (Å²) in [5.74, 6) is -0.177. The number of carbonyl (C=O) groups is 3. The highest BCUT2D eigenvalue weighted by atomic mass is 35.5. The van der Waals surface area contributed by atoms with E-state index in [1.54, 1.807) is 11.0 Å². The molecule has 3 amide bonds. The minimum atomic E-state index is -0.607. The van der Waals surface area contributed by atoms with Gasteiger partial charge in [-0.25, -0.2) is 0 Å². The van der Waals surface area contributed by atoms with E-state index in [4.69, 9.17) is 16.3 Å². The number of hydrogen-bond donors (Lipinski definition) is 1. The molecular formula is C31H34ClN3O4. The zero-order chi connectivity index (χ0) is 27.3. The maximum Gasteiger partial charge on any atom is 0.255 e. The quantitative estimate of drug-likeness (QED) is 0.524. The molecule has 0 saturated carbocycles. The number of piperidine rings is 1. The predicted octanol–water partition coefficient (Wildman–Crippen LogP) is 4.83. The van der Waals surface area contributed by atoms with E-state index >= 15 is 0 Å². The van der Waals surface area contributed by atoms with Crippen LogP contribution in [0.15, 0.2) is 48.0 Å². The van der Waals surface area contributed by atoms with Crippen molar-refractivity contribution in [1.29, 1.82) is 0 Å².